The van der Waals surface area contributed by atoms with E-state index in [1.807, 2.05) is 18.2 Å². The molecule has 1 unspecified atom stereocenters. The lowest BCUT2D eigenvalue weighted by Crippen LogP contribution is -2.52. The van der Waals surface area contributed by atoms with E-state index < -0.39 is 10.8 Å². The number of nitrogens with two attached hydrogens (primary N) is 1. The van der Waals surface area contributed by atoms with Crippen LogP contribution < -0.4 is 16.0 Å². The fourth-order valence-corrected chi connectivity index (χ4v) is 5.61. The molecule has 1 atom stereocenters. The van der Waals surface area contributed by atoms with E-state index in [1.165, 1.54) is 12.0 Å². The first-order valence-corrected chi connectivity index (χ1v) is 12.0. The molecule has 1 saturated carbocycles. The normalized spacial score (nSPS) is 20.3. The molecule has 2 heterocycles. The van der Waals surface area contributed by atoms with E-state index in [2.05, 4.69) is 47.5 Å². The van der Waals surface area contributed by atoms with Gasteiger partial charge in [0, 0.05) is 53.0 Å². The molecule has 5 rings (SSSR count). The second-order valence-corrected chi connectivity index (χ2v) is 10.2. The Bertz CT molecular complexity index is 1130. The third-order valence-electron chi connectivity index (χ3n) is 6.38. The van der Waals surface area contributed by atoms with Gasteiger partial charge in [0.05, 0.1) is 16.3 Å². The molecular formula is C24H28N4OS. The summed E-state index contributed by atoms with van der Waals surface area (Å²) in [6.45, 7) is 4.30. The molecule has 3 N–H and O–H groups in total. The van der Waals surface area contributed by atoms with Crippen LogP contribution in [0.15, 0.2) is 53.4 Å². The average molecular weight is 421 g/mol. The van der Waals surface area contributed by atoms with E-state index in [1.54, 1.807) is 0 Å². The van der Waals surface area contributed by atoms with Crippen LogP contribution in [0.5, 0.6) is 0 Å². The van der Waals surface area contributed by atoms with E-state index in [-0.39, 0.29) is 5.54 Å². The molecule has 5 nitrogen and oxygen atoms in total. The van der Waals surface area contributed by atoms with Crippen molar-refractivity contribution in [3.05, 3.63) is 59.7 Å². The zero-order valence-corrected chi connectivity index (χ0v) is 18.2. The molecule has 6 heteroatoms. The Morgan fingerprint density at radius 3 is 2.83 bits per heavy atom. The third-order valence-corrected chi connectivity index (χ3v) is 7.82. The molecule has 0 radical (unpaired) electrons. The van der Waals surface area contributed by atoms with E-state index in [0.29, 0.717) is 18.8 Å². The predicted molar refractivity (Wildman–Crippen MR) is 125 cm³/mol. The van der Waals surface area contributed by atoms with Gasteiger partial charge >= 0.3 is 0 Å². The summed E-state index contributed by atoms with van der Waals surface area (Å²) < 4.78 is 12.7. The first kappa shape index (κ1) is 19.5. The lowest BCUT2D eigenvalue weighted by Gasteiger charge is -2.38. The van der Waals surface area contributed by atoms with Gasteiger partial charge in [-0.2, -0.15) is 0 Å². The Kier molecular flexibility index (Phi) is 4.99. The van der Waals surface area contributed by atoms with Gasteiger partial charge in [-0.15, -0.1) is 0 Å². The Labute approximate surface area is 180 Å². The van der Waals surface area contributed by atoms with Crippen LogP contribution in [0.25, 0.3) is 10.9 Å². The van der Waals surface area contributed by atoms with Gasteiger partial charge in [0.15, 0.2) is 0 Å². The van der Waals surface area contributed by atoms with Crippen LogP contribution >= 0.6 is 0 Å². The van der Waals surface area contributed by atoms with Crippen molar-refractivity contribution >= 4 is 33.2 Å². The Balaban J connectivity index is 1.52. The lowest BCUT2D eigenvalue weighted by atomic mass is 9.78. The number of nitrogens with zero attached hydrogens (tertiary/aromatic N) is 2. The molecule has 0 saturated heterocycles. The minimum atomic E-state index is -0.973. The SMILES string of the molecule is Cc1ccc2nc(N3CCS(=O)c4ccccc4C3)cc(NCC3(N)CCC3)c2c1. The number of fused-ring (bicyclic) bond motifs is 2. The van der Waals surface area contributed by atoms with Crippen LogP contribution in [0.1, 0.15) is 30.4 Å². The number of anilines is 2. The van der Waals surface area contributed by atoms with Crippen molar-refractivity contribution in [3.63, 3.8) is 0 Å². The van der Waals surface area contributed by atoms with Gasteiger partial charge in [0.25, 0.3) is 0 Å². The largest absolute Gasteiger partial charge is 0.383 e. The highest BCUT2D eigenvalue weighted by Gasteiger charge is 2.32. The molecule has 156 valence electrons. The summed E-state index contributed by atoms with van der Waals surface area (Å²) in [6.07, 6.45) is 3.36. The van der Waals surface area contributed by atoms with Crippen molar-refractivity contribution < 1.29 is 4.21 Å². The maximum atomic E-state index is 12.7. The van der Waals surface area contributed by atoms with Gasteiger partial charge in [-0.1, -0.05) is 29.8 Å². The number of aromatic nitrogens is 1. The first-order valence-electron chi connectivity index (χ1n) is 10.7. The Morgan fingerprint density at radius 2 is 2.03 bits per heavy atom. The maximum absolute atomic E-state index is 12.7. The fraction of sp³-hybridized carbons (Fsp3) is 0.375. The van der Waals surface area contributed by atoms with Crippen LogP contribution in [-0.2, 0) is 17.3 Å². The van der Waals surface area contributed by atoms with Crippen LogP contribution in [0.4, 0.5) is 11.5 Å². The van der Waals surface area contributed by atoms with E-state index in [9.17, 15) is 4.21 Å². The highest BCUT2D eigenvalue weighted by Crippen LogP contribution is 2.33. The standard InChI is InChI=1S/C24H28N4OS/c1-17-7-8-20-19(13-17)21(26-16-24(25)9-4-10-24)14-23(27-20)28-11-12-30(29)22-6-3-2-5-18(22)15-28/h2-3,5-8,13-14H,4,9-12,15-16,25H2,1H3,(H,26,27). The molecule has 1 aromatic heterocycles. The minimum absolute atomic E-state index is 0.0992. The predicted octanol–water partition coefficient (Wildman–Crippen LogP) is 3.96. The first-order chi connectivity index (χ1) is 14.5. The summed E-state index contributed by atoms with van der Waals surface area (Å²) >= 11 is 0. The summed E-state index contributed by atoms with van der Waals surface area (Å²) in [7, 11) is -0.973. The number of pyridine rings is 1. The van der Waals surface area contributed by atoms with Crippen molar-refractivity contribution in [2.75, 3.05) is 29.1 Å². The summed E-state index contributed by atoms with van der Waals surface area (Å²) in [5.74, 6) is 1.53. The number of benzene rings is 2. The molecule has 30 heavy (non-hydrogen) atoms. The van der Waals surface area contributed by atoms with Crippen molar-refractivity contribution in [2.45, 2.75) is 43.2 Å². The minimum Gasteiger partial charge on any atom is -0.383 e. The van der Waals surface area contributed by atoms with E-state index in [4.69, 9.17) is 10.7 Å². The monoisotopic (exact) mass is 420 g/mol. The summed E-state index contributed by atoms with van der Waals surface area (Å²) in [6, 6.07) is 16.6. The van der Waals surface area contributed by atoms with Crippen LogP contribution in [0.2, 0.25) is 0 Å². The Morgan fingerprint density at radius 1 is 1.20 bits per heavy atom. The van der Waals surface area contributed by atoms with Crippen molar-refractivity contribution in [2.24, 2.45) is 5.73 Å². The van der Waals surface area contributed by atoms with Gasteiger partial charge in [-0.3, -0.25) is 4.21 Å². The van der Waals surface area contributed by atoms with Gasteiger partial charge in [0.1, 0.15) is 5.82 Å². The number of nitrogens with one attached hydrogen (secondary N) is 1. The molecule has 0 amide bonds. The maximum Gasteiger partial charge on any atom is 0.131 e. The molecule has 0 bridgehead atoms. The van der Waals surface area contributed by atoms with Crippen molar-refractivity contribution in [3.8, 4) is 0 Å². The zero-order chi connectivity index (χ0) is 20.7. The second-order valence-electron chi connectivity index (χ2n) is 8.70. The molecule has 1 aliphatic carbocycles. The van der Waals surface area contributed by atoms with Crippen molar-refractivity contribution in [1.82, 2.24) is 4.98 Å². The molecule has 0 spiro atoms. The average Bonchev–Trinajstić information content (AvgIpc) is 2.90. The quantitative estimate of drug-likeness (QED) is 0.668. The molecule has 3 aromatic rings. The number of rotatable bonds is 4. The van der Waals surface area contributed by atoms with Crippen LogP contribution in [0.3, 0.4) is 0 Å². The fourth-order valence-electron chi connectivity index (χ4n) is 4.35. The second kappa shape index (κ2) is 7.67. The number of aryl methyl sites for hydroxylation is 1. The van der Waals surface area contributed by atoms with Gasteiger partial charge in [-0.25, -0.2) is 4.98 Å². The molecule has 1 fully saturated rings. The van der Waals surface area contributed by atoms with Crippen LogP contribution in [-0.4, -0.2) is 33.6 Å². The highest BCUT2D eigenvalue weighted by atomic mass is 32.2. The van der Waals surface area contributed by atoms with E-state index in [0.717, 1.165) is 52.3 Å². The molecular weight excluding hydrogens is 392 g/mol. The van der Waals surface area contributed by atoms with Gasteiger partial charge in [0.2, 0.25) is 0 Å². The van der Waals surface area contributed by atoms with Crippen molar-refractivity contribution in [1.29, 1.82) is 0 Å². The summed E-state index contributed by atoms with van der Waals surface area (Å²) in [5, 5.41) is 4.75. The van der Waals surface area contributed by atoms with E-state index >= 15 is 0 Å². The number of hydrogen-bond donors (Lipinski definition) is 2. The zero-order valence-electron chi connectivity index (χ0n) is 17.4. The van der Waals surface area contributed by atoms with Gasteiger partial charge in [-0.05, 0) is 49.9 Å². The molecule has 2 aromatic carbocycles. The third kappa shape index (κ3) is 3.70. The number of hydrogen-bond acceptors (Lipinski definition) is 5. The Hall–Kier alpha value is -2.44. The summed E-state index contributed by atoms with van der Waals surface area (Å²) in [4.78, 5) is 8.17. The molecule has 2 aliphatic rings. The summed E-state index contributed by atoms with van der Waals surface area (Å²) in [5.41, 5.74) is 10.8. The smallest absolute Gasteiger partial charge is 0.131 e. The lowest BCUT2D eigenvalue weighted by molar-refractivity contribution is 0.265. The van der Waals surface area contributed by atoms with Gasteiger partial charge < -0.3 is 16.0 Å². The topological polar surface area (TPSA) is 71.2 Å². The molecule has 1 aliphatic heterocycles. The van der Waals surface area contributed by atoms with Crippen LogP contribution in [0, 0.1) is 6.92 Å². The highest BCUT2D eigenvalue weighted by molar-refractivity contribution is 7.85.